The van der Waals surface area contributed by atoms with Crippen LogP contribution >= 0.6 is 15.9 Å². The van der Waals surface area contributed by atoms with Gasteiger partial charge in [0.1, 0.15) is 5.82 Å². The van der Waals surface area contributed by atoms with Crippen LogP contribution in [0.4, 0.5) is 4.39 Å². The molecule has 1 aromatic carbocycles. The van der Waals surface area contributed by atoms with Gasteiger partial charge in [0.05, 0.1) is 12.5 Å². The summed E-state index contributed by atoms with van der Waals surface area (Å²) in [4.78, 5) is 15.9. The van der Waals surface area contributed by atoms with Crippen molar-refractivity contribution in [2.24, 2.45) is 0 Å². The van der Waals surface area contributed by atoms with Crippen molar-refractivity contribution >= 4 is 21.8 Å². The Labute approximate surface area is 128 Å². The fourth-order valence-electron chi connectivity index (χ4n) is 2.11. The lowest BCUT2D eigenvalue weighted by Gasteiger charge is -2.21. The van der Waals surface area contributed by atoms with Gasteiger partial charge < -0.3 is 15.2 Å². The van der Waals surface area contributed by atoms with Crippen LogP contribution in [0.5, 0.6) is 0 Å². The van der Waals surface area contributed by atoms with Crippen molar-refractivity contribution < 1.29 is 13.7 Å². The van der Waals surface area contributed by atoms with Gasteiger partial charge in [-0.3, -0.25) is 4.79 Å². The fraction of sp³-hybridized carbons (Fsp3) is 0.308. The molecule has 2 aromatic rings. The number of rotatable bonds is 3. The number of aromatic nitrogens is 2. The molecule has 0 bridgehead atoms. The molecule has 0 aliphatic carbocycles. The summed E-state index contributed by atoms with van der Waals surface area (Å²) in [5.74, 6) is 0.283. The lowest BCUT2D eigenvalue weighted by atomic mass is 10.1. The quantitative estimate of drug-likeness (QED) is 0.867. The van der Waals surface area contributed by atoms with Crippen LogP contribution in [-0.2, 0) is 11.2 Å². The van der Waals surface area contributed by atoms with Crippen molar-refractivity contribution in [1.29, 1.82) is 0 Å². The highest BCUT2D eigenvalue weighted by Gasteiger charge is 2.24. The second kappa shape index (κ2) is 5.90. The van der Waals surface area contributed by atoms with E-state index in [0.29, 0.717) is 41.3 Å². The number of piperazine rings is 1. The van der Waals surface area contributed by atoms with Gasteiger partial charge >= 0.3 is 0 Å². The zero-order chi connectivity index (χ0) is 14.8. The number of benzene rings is 1. The van der Waals surface area contributed by atoms with Crippen LogP contribution in [0.3, 0.4) is 0 Å². The molecule has 0 spiro atoms. The molecule has 1 unspecified atom stereocenters. The zero-order valence-electron chi connectivity index (χ0n) is 10.9. The van der Waals surface area contributed by atoms with E-state index in [1.807, 2.05) is 0 Å². The Bertz CT molecular complexity index is 676. The van der Waals surface area contributed by atoms with Gasteiger partial charge in [0.2, 0.25) is 17.6 Å². The molecule has 2 heterocycles. The minimum Gasteiger partial charge on any atom is -0.353 e. The van der Waals surface area contributed by atoms with Crippen LogP contribution in [-0.4, -0.2) is 35.2 Å². The van der Waals surface area contributed by atoms with E-state index < -0.39 is 0 Å². The fourth-order valence-corrected chi connectivity index (χ4v) is 2.63. The predicted octanol–water partition coefficient (Wildman–Crippen LogP) is 1.27. The zero-order valence-corrected chi connectivity index (χ0v) is 12.5. The average Bonchev–Trinajstić information content (AvgIpc) is 2.90. The van der Waals surface area contributed by atoms with E-state index in [1.165, 1.54) is 12.1 Å². The SMILES string of the molecule is O=C1NCCNC1Cc1nc(-c2ccc(F)cc2Br)no1. The van der Waals surface area contributed by atoms with E-state index in [2.05, 4.69) is 36.7 Å². The van der Waals surface area contributed by atoms with Crippen molar-refractivity contribution in [2.45, 2.75) is 12.5 Å². The van der Waals surface area contributed by atoms with E-state index >= 15 is 0 Å². The number of carbonyl (C=O) groups is 1. The number of nitrogens with one attached hydrogen (secondary N) is 2. The molecule has 3 rings (SSSR count). The Balaban J connectivity index is 1.78. The summed E-state index contributed by atoms with van der Waals surface area (Å²) in [6.07, 6.45) is 0.317. The van der Waals surface area contributed by atoms with Gasteiger partial charge in [-0.05, 0) is 34.1 Å². The smallest absolute Gasteiger partial charge is 0.237 e. The van der Waals surface area contributed by atoms with Gasteiger partial charge in [-0.1, -0.05) is 5.16 Å². The van der Waals surface area contributed by atoms with Gasteiger partial charge in [0, 0.05) is 23.1 Å². The molecular formula is C13H12BrFN4O2. The minimum atomic E-state index is -0.372. The second-order valence-corrected chi connectivity index (χ2v) is 5.49. The van der Waals surface area contributed by atoms with E-state index in [4.69, 9.17) is 4.52 Å². The first kappa shape index (κ1) is 14.2. The Morgan fingerprint density at radius 1 is 1.43 bits per heavy atom. The van der Waals surface area contributed by atoms with Crippen molar-refractivity contribution in [3.05, 3.63) is 34.4 Å². The molecule has 6 nitrogen and oxygen atoms in total. The van der Waals surface area contributed by atoms with Crippen LogP contribution < -0.4 is 10.6 Å². The van der Waals surface area contributed by atoms with Gasteiger partial charge in [0.25, 0.3) is 0 Å². The number of carbonyl (C=O) groups excluding carboxylic acids is 1. The molecule has 1 aliphatic rings. The molecule has 2 N–H and O–H groups in total. The average molecular weight is 355 g/mol. The van der Waals surface area contributed by atoms with Crippen LogP contribution in [0.2, 0.25) is 0 Å². The van der Waals surface area contributed by atoms with Crippen LogP contribution in [0.15, 0.2) is 27.2 Å². The summed E-state index contributed by atoms with van der Waals surface area (Å²) in [6, 6.07) is 3.86. The largest absolute Gasteiger partial charge is 0.353 e. The molecule has 1 aromatic heterocycles. The van der Waals surface area contributed by atoms with Gasteiger partial charge in [0.15, 0.2) is 0 Å². The Kier molecular flexibility index (Phi) is 3.98. The highest BCUT2D eigenvalue weighted by atomic mass is 79.9. The van der Waals surface area contributed by atoms with E-state index in [-0.39, 0.29) is 17.8 Å². The molecule has 21 heavy (non-hydrogen) atoms. The first-order valence-corrected chi connectivity index (χ1v) is 7.22. The third kappa shape index (κ3) is 3.11. The number of halogens is 2. The third-order valence-corrected chi connectivity index (χ3v) is 3.81. The topological polar surface area (TPSA) is 80.0 Å². The second-order valence-electron chi connectivity index (χ2n) is 4.64. The molecule has 0 radical (unpaired) electrons. The number of nitrogens with zero attached hydrogens (tertiary/aromatic N) is 2. The number of amides is 1. The minimum absolute atomic E-state index is 0.0797. The van der Waals surface area contributed by atoms with Crippen LogP contribution in [0.1, 0.15) is 5.89 Å². The van der Waals surface area contributed by atoms with Crippen molar-refractivity contribution in [3.63, 3.8) is 0 Å². The Morgan fingerprint density at radius 3 is 3.05 bits per heavy atom. The molecule has 1 fully saturated rings. The van der Waals surface area contributed by atoms with Crippen molar-refractivity contribution in [2.75, 3.05) is 13.1 Å². The molecule has 8 heteroatoms. The van der Waals surface area contributed by atoms with Crippen molar-refractivity contribution in [3.8, 4) is 11.4 Å². The monoisotopic (exact) mass is 354 g/mol. The molecule has 1 amide bonds. The number of hydrogen-bond acceptors (Lipinski definition) is 5. The summed E-state index contributed by atoms with van der Waals surface area (Å²) in [5, 5.41) is 9.72. The van der Waals surface area contributed by atoms with Gasteiger partial charge in [-0.25, -0.2) is 4.39 Å². The van der Waals surface area contributed by atoms with Gasteiger partial charge in [-0.15, -0.1) is 0 Å². The van der Waals surface area contributed by atoms with Gasteiger partial charge in [-0.2, -0.15) is 4.98 Å². The molecule has 0 saturated carbocycles. The molecular weight excluding hydrogens is 343 g/mol. The summed E-state index contributed by atoms with van der Waals surface area (Å²) in [7, 11) is 0. The Hall–Kier alpha value is -1.80. The first-order valence-electron chi connectivity index (χ1n) is 6.42. The lowest BCUT2D eigenvalue weighted by molar-refractivity contribution is -0.124. The maximum absolute atomic E-state index is 13.1. The molecule has 1 saturated heterocycles. The molecule has 110 valence electrons. The van der Waals surface area contributed by atoms with Crippen molar-refractivity contribution in [1.82, 2.24) is 20.8 Å². The summed E-state index contributed by atoms with van der Waals surface area (Å²) >= 11 is 3.26. The summed E-state index contributed by atoms with van der Waals surface area (Å²) in [6.45, 7) is 1.33. The maximum Gasteiger partial charge on any atom is 0.237 e. The maximum atomic E-state index is 13.1. The van der Waals surface area contributed by atoms with Crippen LogP contribution in [0.25, 0.3) is 11.4 Å². The molecule has 1 aliphatic heterocycles. The highest BCUT2D eigenvalue weighted by Crippen LogP contribution is 2.26. The van der Waals surface area contributed by atoms with E-state index in [9.17, 15) is 9.18 Å². The first-order chi connectivity index (χ1) is 10.1. The normalized spacial score (nSPS) is 18.6. The standard InChI is InChI=1S/C13H12BrFN4O2/c14-9-5-7(15)1-2-8(9)12-18-11(21-19-12)6-10-13(20)17-4-3-16-10/h1-2,5,10,16H,3-4,6H2,(H,17,20). The highest BCUT2D eigenvalue weighted by molar-refractivity contribution is 9.10. The van der Waals surface area contributed by atoms with Crippen LogP contribution in [0, 0.1) is 5.82 Å². The van der Waals surface area contributed by atoms with E-state index in [1.54, 1.807) is 6.07 Å². The number of hydrogen-bond donors (Lipinski definition) is 2. The summed E-state index contributed by atoms with van der Waals surface area (Å²) < 4.78 is 18.8. The molecule has 1 atom stereocenters. The summed E-state index contributed by atoms with van der Waals surface area (Å²) in [5.41, 5.74) is 0.632. The third-order valence-electron chi connectivity index (χ3n) is 3.15. The predicted molar refractivity (Wildman–Crippen MR) is 75.9 cm³/mol. The Morgan fingerprint density at radius 2 is 2.29 bits per heavy atom. The lowest BCUT2D eigenvalue weighted by Crippen LogP contribution is -2.53. The van der Waals surface area contributed by atoms with E-state index in [0.717, 1.165) is 0 Å².